The van der Waals surface area contributed by atoms with Crippen LogP contribution in [0.3, 0.4) is 0 Å². The van der Waals surface area contributed by atoms with Crippen LogP contribution < -0.4 is 9.64 Å². The quantitative estimate of drug-likeness (QED) is 0.313. The summed E-state index contributed by atoms with van der Waals surface area (Å²) in [5.41, 5.74) is 4.14. The average Bonchev–Trinajstić information content (AvgIpc) is 3.17. The summed E-state index contributed by atoms with van der Waals surface area (Å²) >= 11 is 5.08. The minimum atomic E-state index is -0.461. The maximum Gasteiger partial charge on any atom is 0.414 e. The number of ether oxygens (including phenoxy) is 2. The third-order valence-corrected chi connectivity index (χ3v) is 6.47. The second kappa shape index (κ2) is 11.6. The van der Waals surface area contributed by atoms with Gasteiger partial charge in [0.2, 0.25) is 0 Å². The summed E-state index contributed by atoms with van der Waals surface area (Å²) in [6, 6.07) is 9.76. The van der Waals surface area contributed by atoms with Gasteiger partial charge >= 0.3 is 6.09 Å². The lowest BCUT2D eigenvalue weighted by Gasteiger charge is -2.21. The maximum absolute atomic E-state index is 12.2. The molecule has 0 saturated carbocycles. The van der Waals surface area contributed by atoms with E-state index < -0.39 is 12.8 Å². The Labute approximate surface area is 205 Å². The Balaban J connectivity index is 1.73. The van der Waals surface area contributed by atoms with E-state index in [1.54, 1.807) is 31.5 Å². The third kappa shape index (κ3) is 6.75. The number of aryl methyl sites for hydroxylation is 1. The van der Waals surface area contributed by atoms with Crippen molar-refractivity contribution in [2.45, 2.75) is 6.92 Å². The van der Waals surface area contributed by atoms with Gasteiger partial charge in [-0.15, -0.1) is 11.3 Å². The molecule has 0 aliphatic rings. The highest BCUT2D eigenvalue weighted by atomic mass is 79.9. The number of thiazole rings is 1. The van der Waals surface area contributed by atoms with Gasteiger partial charge in [0.1, 0.15) is 17.4 Å². The Morgan fingerprint density at radius 1 is 1.18 bits per heavy atom. The van der Waals surface area contributed by atoms with Gasteiger partial charge in [0.05, 0.1) is 27.9 Å². The zero-order chi connectivity index (χ0) is 24.0. The van der Waals surface area contributed by atoms with Gasteiger partial charge in [0, 0.05) is 33.4 Å². The van der Waals surface area contributed by atoms with Crippen LogP contribution in [0.5, 0.6) is 5.75 Å². The first-order valence-corrected chi connectivity index (χ1v) is 12.0. The van der Waals surface area contributed by atoms with Crippen LogP contribution in [0.15, 0.2) is 34.8 Å². The molecule has 9 heteroatoms. The van der Waals surface area contributed by atoms with Gasteiger partial charge in [-0.2, -0.15) is 0 Å². The van der Waals surface area contributed by atoms with Gasteiger partial charge in [-0.1, -0.05) is 12.1 Å². The molecule has 3 rings (SSSR count). The van der Waals surface area contributed by atoms with Crippen molar-refractivity contribution < 1.29 is 18.7 Å². The SMILES string of the molecule is Cc1cc2nc(/C=C/c3ccc(OC(=O)N(C)C)c(Br)c3)sc2cc1N(C)CCOCCF. The second-order valence-electron chi connectivity index (χ2n) is 7.67. The third-order valence-electron chi connectivity index (χ3n) is 4.86. The summed E-state index contributed by atoms with van der Waals surface area (Å²) in [6.45, 7) is 2.91. The number of carbonyl (C=O) groups excluding carboxylic acids is 1. The van der Waals surface area contributed by atoms with Crippen molar-refractivity contribution in [2.75, 3.05) is 52.5 Å². The molecular weight excluding hydrogens is 509 g/mol. The number of benzene rings is 2. The lowest BCUT2D eigenvalue weighted by Crippen LogP contribution is -2.25. The number of alkyl halides is 1. The first kappa shape index (κ1) is 25.1. The molecule has 0 saturated heterocycles. The smallest absolute Gasteiger partial charge is 0.409 e. The Bertz CT molecular complexity index is 1150. The molecule has 0 aliphatic heterocycles. The first-order valence-electron chi connectivity index (χ1n) is 10.4. The standard InChI is InChI=1S/C24H27BrFN3O3S/c1-16-13-19-22(15-20(16)29(4)10-12-31-11-9-26)33-23(27-19)8-6-17-5-7-21(18(25)14-17)32-24(30)28(2)3/h5-8,13-15H,9-12H2,1-4H3/b8-6+. The molecule has 6 nitrogen and oxygen atoms in total. The minimum absolute atomic E-state index is 0.136. The van der Waals surface area contributed by atoms with Gasteiger partial charge in [-0.25, -0.2) is 14.2 Å². The van der Waals surface area contributed by atoms with Crippen LogP contribution in [0.25, 0.3) is 22.4 Å². The zero-order valence-electron chi connectivity index (χ0n) is 19.1. The van der Waals surface area contributed by atoms with Gasteiger partial charge in [0.25, 0.3) is 0 Å². The largest absolute Gasteiger partial charge is 0.414 e. The van der Waals surface area contributed by atoms with E-state index in [9.17, 15) is 9.18 Å². The van der Waals surface area contributed by atoms with Crippen molar-refractivity contribution in [3.8, 4) is 5.75 Å². The van der Waals surface area contributed by atoms with Crippen LogP contribution in [0, 0.1) is 6.92 Å². The van der Waals surface area contributed by atoms with Crippen LogP contribution in [0.4, 0.5) is 14.9 Å². The van der Waals surface area contributed by atoms with Crippen LogP contribution in [-0.2, 0) is 4.74 Å². The Morgan fingerprint density at radius 3 is 2.67 bits per heavy atom. The lowest BCUT2D eigenvalue weighted by molar-refractivity contribution is 0.125. The molecule has 0 fully saturated rings. The summed E-state index contributed by atoms with van der Waals surface area (Å²) in [7, 11) is 5.28. The van der Waals surface area contributed by atoms with Gasteiger partial charge in [-0.05, 0) is 64.3 Å². The Kier molecular flexibility index (Phi) is 8.82. The Hall–Kier alpha value is -2.49. The molecule has 3 aromatic rings. The Morgan fingerprint density at radius 2 is 1.97 bits per heavy atom. The van der Waals surface area contributed by atoms with E-state index in [1.165, 1.54) is 4.90 Å². The lowest BCUT2D eigenvalue weighted by atomic mass is 10.1. The van der Waals surface area contributed by atoms with Crippen LogP contribution >= 0.6 is 27.3 Å². The molecule has 0 spiro atoms. The average molecular weight is 536 g/mol. The topological polar surface area (TPSA) is 54.9 Å². The number of hydrogen-bond acceptors (Lipinski definition) is 6. The van der Waals surface area contributed by atoms with E-state index in [4.69, 9.17) is 14.5 Å². The van der Waals surface area contributed by atoms with E-state index in [1.807, 2.05) is 31.3 Å². The van der Waals surface area contributed by atoms with Crippen molar-refractivity contribution in [1.29, 1.82) is 0 Å². The number of amides is 1. The number of likely N-dealkylation sites (N-methyl/N-ethyl adjacent to an activating group) is 1. The predicted octanol–water partition coefficient (Wildman–Crippen LogP) is 6.02. The van der Waals surface area contributed by atoms with Gasteiger partial charge in [-0.3, -0.25) is 0 Å². The van der Waals surface area contributed by atoms with E-state index in [0.717, 1.165) is 32.0 Å². The van der Waals surface area contributed by atoms with E-state index >= 15 is 0 Å². The summed E-state index contributed by atoms with van der Waals surface area (Å²) in [6.07, 6.45) is 3.52. The molecule has 2 aromatic carbocycles. The number of rotatable bonds is 9. The highest BCUT2D eigenvalue weighted by Crippen LogP contribution is 2.31. The first-order chi connectivity index (χ1) is 15.8. The van der Waals surface area contributed by atoms with Crippen molar-refractivity contribution in [3.05, 3.63) is 50.9 Å². The molecule has 0 aliphatic carbocycles. The number of fused-ring (bicyclic) bond motifs is 1. The highest BCUT2D eigenvalue weighted by molar-refractivity contribution is 9.10. The van der Waals surface area contributed by atoms with Crippen molar-refractivity contribution in [2.24, 2.45) is 0 Å². The fourth-order valence-electron chi connectivity index (χ4n) is 3.10. The summed E-state index contributed by atoms with van der Waals surface area (Å²) < 4.78 is 24.6. The van der Waals surface area contributed by atoms with Crippen LogP contribution in [-0.4, -0.2) is 63.6 Å². The number of halogens is 2. The fraction of sp³-hybridized carbons (Fsp3) is 0.333. The summed E-state index contributed by atoms with van der Waals surface area (Å²) in [5, 5.41) is 0.898. The number of aromatic nitrogens is 1. The van der Waals surface area contributed by atoms with Crippen molar-refractivity contribution in [1.82, 2.24) is 9.88 Å². The number of anilines is 1. The highest BCUT2D eigenvalue weighted by Gasteiger charge is 2.11. The molecular formula is C24H27BrFN3O3S. The second-order valence-corrected chi connectivity index (χ2v) is 9.58. The molecule has 1 amide bonds. The van der Waals surface area contributed by atoms with Crippen LogP contribution in [0.1, 0.15) is 16.1 Å². The van der Waals surface area contributed by atoms with Crippen molar-refractivity contribution >= 4 is 61.4 Å². The molecule has 0 N–H and O–H groups in total. The van der Waals surface area contributed by atoms with E-state index in [-0.39, 0.29) is 6.61 Å². The summed E-state index contributed by atoms with van der Waals surface area (Å²) in [4.78, 5) is 20.0. The molecule has 0 bridgehead atoms. The number of hydrogen-bond donors (Lipinski definition) is 0. The predicted molar refractivity (Wildman–Crippen MR) is 137 cm³/mol. The maximum atomic E-state index is 12.2. The molecule has 0 radical (unpaired) electrons. The zero-order valence-corrected chi connectivity index (χ0v) is 21.5. The number of carbonyl (C=O) groups is 1. The van der Waals surface area contributed by atoms with Gasteiger partial charge in [0.15, 0.2) is 0 Å². The normalized spacial score (nSPS) is 11.3. The molecule has 0 atom stereocenters. The van der Waals surface area contributed by atoms with E-state index in [0.29, 0.717) is 23.4 Å². The minimum Gasteiger partial charge on any atom is -0.409 e. The summed E-state index contributed by atoms with van der Waals surface area (Å²) in [5.74, 6) is 0.466. The number of nitrogens with zero attached hydrogens (tertiary/aromatic N) is 3. The molecule has 1 heterocycles. The molecule has 33 heavy (non-hydrogen) atoms. The molecule has 1 aromatic heterocycles. The molecule has 0 unspecified atom stereocenters. The monoisotopic (exact) mass is 535 g/mol. The van der Waals surface area contributed by atoms with Crippen LogP contribution in [0.2, 0.25) is 0 Å². The molecule has 176 valence electrons. The van der Waals surface area contributed by atoms with Crippen molar-refractivity contribution in [3.63, 3.8) is 0 Å². The van der Waals surface area contributed by atoms with E-state index in [2.05, 4.69) is 39.9 Å². The fourth-order valence-corrected chi connectivity index (χ4v) is 4.47. The van der Waals surface area contributed by atoms with Gasteiger partial charge < -0.3 is 19.3 Å².